The fraction of sp³-hybridized carbons (Fsp3) is 0.500. The molecule has 1 aromatic carbocycles. The number of aliphatic hydroxyl groups is 2. The molecule has 0 aliphatic carbocycles. The molecule has 18 heavy (non-hydrogen) atoms. The maximum absolute atomic E-state index is 9.27. The third-order valence-electron chi connectivity index (χ3n) is 2.42. The molecule has 0 aromatic heterocycles. The molecule has 3 N–H and O–H groups in total. The van der Waals surface area contributed by atoms with E-state index in [1.165, 1.54) is 21.3 Å². The zero-order valence-electron chi connectivity index (χ0n) is 10.8. The van der Waals surface area contributed by atoms with Crippen LogP contribution in [-0.2, 0) is 0 Å². The van der Waals surface area contributed by atoms with Crippen LogP contribution in [0.15, 0.2) is 12.1 Å². The first-order valence-electron chi connectivity index (χ1n) is 5.49. The minimum absolute atomic E-state index is 0.231. The van der Waals surface area contributed by atoms with E-state index in [-0.39, 0.29) is 13.2 Å². The first kappa shape index (κ1) is 14.4. The Morgan fingerprint density at radius 3 is 2.06 bits per heavy atom. The number of methoxy groups -OCH3 is 3. The minimum atomic E-state index is -0.816. The van der Waals surface area contributed by atoms with Gasteiger partial charge in [-0.05, 0) is 0 Å². The summed E-state index contributed by atoms with van der Waals surface area (Å²) in [6, 6.07) is 3.46. The summed E-state index contributed by atoms with van der Waals surface area (Å²) in [5.41, 5.74) is 0.706. The van der Waals surface area contributed by atoms with Crippen LogP contribution in [-0.4, -0.2) is 50.8 Å². The highest BCUT2D eigenvalue weighted by Gasteiger charge is 2.13. The molecule has 102 valence electrons. The third-order valence-corrected chi connectivity index (χ3v) is 2.42. The fourth-order valence-electron chi connectivity index (χ4n) is 1.48. The Kier molecular flexibility index (Phi) is 5.54. The van der Waals surface area contributed by atoms with Crippen molar-refractivity contribution in [3.63, 3.8) is 0 Å². The van der Waals surface area contributed by atoms with E-state index in [1.54, 1.807) is 12.1 Å². The largest absolute Gasteiger partial charge is 0.493 e. The highest BCUT2D eigenvalue weighted by atomic mass is 16.5. The SMILES string of the molecule is COc1cc(NC[C@H](O)CO)cc(OC)c1OC. The van der Waals surface area contributed by atoms with Gasteiger partial charge in [-0.1, -0.05) is 0 Å². The first-order valence-corrected chi connectivity index (χ1v) is 5.49. The molecule has 0 heterocycles. The Morgan fingerprint density at radius 1 is 1.11 bits per heavy atom. The molecule has 0 saturated carbocycles. The number of benzene rings is 1. The Bertz CT molecular complexity index is 358. The van der Waals surface area contributed by atoms with E-state index in [1.807, 2.05) is 0 Å². The molecule has 0 aliphatic rings. The van der Waals surface area contributed by atoms with Crippen LogP contribution in [0.3, 0.4) is 0 Å². The van der Waals surface area contributed by atoms with Crippen molar-refractivity contribution >= 4 is 5.69 Å². The lowest BCUT2D eigenvalue weighted by molar-refractivity contribution is 0.105. The van der Waals surface area contributed by atoms with Crippen molar-refractivity contribution in [3.8, 4) is 17.2 Å². The normalized spacial score (nSPS) is 11.8. The summed E-state index contributed by atoms with van der Waals surface area (Å²) < 4.78 is 15.6. The Hall–Kier alpha value is -1.66. The Labute approximate surface area is 106 Å². The van der Waals surface area contributed by atoms with Crippen LogP contribution >= 0.6 is 0 Å². The van der Waals surface area contributed by atoms with Gasteiger partial charge in [-0.15, -0.1) is 0 Å². The smallest absolute Gasteiger partial charge is 0.203 e. The molecule has 0 spiro atoms. The molecular weight excluding hydrogens is 238 g/mol. The number of ether oxygens (including phenoxy) is 3. The van der Waals surface area contributed by atoms with E-state index < -0.39 is 6.10 Å². The van der Waals surface area contributed by atoms with Crippen LogP contribution in [0.25, 0.3) is 0 Å². The molecule has 6 nitrogen and oxygen atoms in total. The molecule has 1 aromatic rings. The van der Waals surface area contributed by atoms with Crippen molar-refractivity contribution < 1.29 is 24.4 Å². The summed E-state index contributed by atoms with van der Waals surface area (Å²) in [4.78, 5) is 0. The monoisotopic (exact) mass is 257 g/mol. The molecule has 1 rings (SSSR count). The molecule has 0 aliphatic heterocycles. The maximum atomic E-state index is 9.27. The van der Waals surface area contributed by atoms with E-state index in [0.717, 1.165) is 0 Å². The molecule has 6 heteroatoms. The lowest BCUT2D eigenvalue weighted by Gasteiger charge is -2.16. The maximum Gasteiger partial charge on any atom is 0.203 e. The summed E-state index contributed by atoms with van der Waals surface area (Å²) in [7, 11) is 4.59. The van der Waals surface area contributed by atoms with E-state index >= 15 is 0 Å². The van der Waals surface area contributed by atoms with Gasteiger partial charge < -0.3 is 29.7 Å². The van der Waals surface area contributed by atoms with Crippen LogP contribution < -0.4 is 19.5 Å². The number of anilines is 1. The van der Waals surface area contributed by atoms with Crippen molar-refractivity contribution in [1.82, 2.24) is 0 Å². The van der Waals surface area contributed by atoms with Gasteiger partial charge in [0.15, 0.2) is 11.5 Å². The van der Waals surface area contributed by atoms with Crippen molar-refractivity contribution in [2.45, 2.75) is 6.10 Å². The summed E-state index contributed by atoms with van der Waals surface area (Å²) in [6.45, 7) is -0.0629. The summed E-state index contributed by atoms with van der Waals surface area (Å²) in [6.07, 6.45) is -0.816. The van der Waals surface area contributed by atoms with E-state index in [4.69, 9.17) is 19.3 Å². The first-order chi connectivity index (χ1) is 8.65. The Morgan fingerprint density at radius 2 is 1.67 bits per heavy atom. The van der Waals surface area contributed by atoms with Crippen molar-refractivity contribution in [2.75, 3.05) is 39.8 Å². The molecular formula is C12H19NO5. The van der Waals surface area contributed by atoms with Crippen molar-refractivity contribution in [1.29, 1.82) is 0 Å². The quantitative estimate of drug-likeness (QED) is 0.659. The molecule has 0 amide bonds. The lowest BCUT2D eigenvalue weighted by Crippen LogP contribution is -2.22. The van der Waals surface area contributed by atoms with Crippen molar-refractivity contribution in [3.05, 3.63) is 12.1 Å². The topological polar surface area (TPSA) is 80.2 Å². The van der Waals surface area contributed by atoms with Gasteiger partial charge in [-0.25, -0.2) is 0 Å². The van der Waals surface area contributed by atoms with Gasteiger partial charge in [0.25, 0.3) is 0 Å². The van der Waals surface area contributed by atoms with Gasteiger partial charge in [-0.3, -0.25) is 0 Å². The van der Waals surface area contributed by atoms with Crippen LogP contribution in [0, 0.1) is 0 Å². The highest BCUT2D eigenvalue weighted by Crippen LogP contribution is 2.39. The minimum Gasteiger partial charge on any atom is -0.493 e. The summed E-state index contributed by atoms with van der Waals surface area (Å²) in [5.74, 6) is 1.56. The van der Waals surface area contributed by atoms with Crippen LogP contribution in [0.4, 0.5) is 5.69 Å². The lowest BCUT2D eigenvalue weighted by atomic mass is 10.2. The molecule has 0 bridgehead atoms. The van der Waals surface area contributed by atoms with Crippen LogP contribution in [0.2, 0.25) is 0 Å². The second-order valence-electron chi connectivity index (χ2n) is 3.63. The number of aliphatic hydroxyl groups excluding tert-OH is 2. The standard InChI is InChI=1S/C12H19NO5/c1-16-10-4-8(13-6-9(15)7-14)5-11(17-2)12(10)18-3/h4-5,9,13-15H,6-7H2,1-3H3/t9-/m0/s1. The van der Waals surface area contributed by atoms with Gasteiger partial charge >= 0.3 is 0 Å². The fourth-order valence-corrected chi connectivity index (χ4v) is 1.48. The van der Waals surface area contributed by atoms with E-state index in [9.17, 15) is 5.11 Å². The second-order valence-corrected chi connectivity index (χ2v) is 3.63. The van der Waals surface area contributed by atoms with Crippen LogP contribution in [0.5, 0.6) is 17.2 Å². The summed E-state index contributed by atoms with van der Waals surface area (Å²) >= 11 is 0. The third kappa shape index (κ3) is 3.41. The van der Waals surface area contributed by atoms with Gasteiger partial charge in [-0.2, -0.15) is 0 Å². The van der Waals surface area contributed by atoms with Crippen LogP contribution in [0.1, 0.15) is 0 Å². The van der Waals surface area contributed by atoms with E-state index in [2.05, 4.69) is 5.32 Å². The average Bonchev–Trinajstić information content (AvgIpc) is 2.43. The highest BCUT2D eigenvalue weighted by molar-refractivity contribution is 5.62. The van der Waals surface area contributed by atoms with Crippen molar-refractivity contribution in [2.24, 2.45) is 0 Å². The number of rotatable bonds is 7. The predicted octanol–water partition coefficient (Wildman–Crippen LogP) is 0.477. The molecule has 0 fully saturated rings. The second kappa shape index (κ2) is 6.93. The molecule has 1 atom stereocenters. The Balaban J connectivity index is 2.93. The molecule has 0 saturated heterocycles. The summed E-state index contributed by atoms with van der Waals surface area (Å²) in [5, 5.41) is 21.0. The van der Waals surface area contributed by atoms with Gasteiger partial charge in [0.05, 0.1) is 34.0 Å². The number of hydrogen-bond acceptors (Lipinski definition) is 6. The zero-order chi connectivity index (χ0) is 13.5. The van der Waals surface area contributed by atoms with Gasteiger partial charge in [0.1, 0.15) is 0 Å². The van der Waals surface area contributed by atoms with E-state index in [0.29, 0.717) is 22.9 Å². The molecule has 0 radical (unpaired) electrons. The zero-order valence-corrected chi connectivity index (χ0v) is 10.8. The number of hydrogen-bond donors (Lipinski definition) is 3. The molecule has 0 unspecified atom stereocenters. The van der Waals surface area contributed by atoms with Gasteiger partial charge in [0.2, 0.25) is 5.75 Å². The van der Waals surface area contributed by atoms with Gasteiger partial charge in [0, 0.05) is 24.4 Å². The average molecular weight is 257 g/mol. The number of nitrogens with one attached hydrogen (secondary N) is 1. The predicted molar refractivity (Wildman–Crippen MR) is 67.7 cm³/mol.